The van der Waals surface area contributed by atoms with Crippen LogP contribution in [0.1, 0.15) is 95.8 Å². The van der Waals surface area contributed by atoms with Crippen LogP contribution in [0.5, 0.6) is 5.75 Å². The normalized spacial score (nSPS) is 15.0. The Morgan fingerprint density at radius 2 is 1.34 bits per heavy atom. The summed E-state index contributed by atoms with van der Waals surface area (Å²) in [5.41, 5.74) is 15.6. The van der Waals surface area contributed by atoms with Gasteiger partial charge in [0.15, 0.2) is 0 Å². The van der Waals surface area contributed by atoms with Crippen molar-refractivity contribution in [1.29, 1.82) is 0 Å². The van der Waals surface area contributed by atoms with Crippen molar-refractivity contribution in [2.45, 2.75) is 105 Å². The maximum absolute atomic E-state index is 5.63. The zero-order chi connectivity index (χ0) is 26.6. The molecule has 2 aliphatic carbocycles. The van der Waals surface area contributed by atoms with Crippen LogP contribution in [0, 0.1) is 19.8 Å². The lowest BCUT2D eigenvalue weighted by Gasteiger charge is -2.20. The van der Waals surface area contributed by atoms with Gasteiger partial charge in [-0.3, -0.25) is 0 Å². The Labute approximate surface area is 236 Å². The lowest BCUT2D eigenvalue weighted by atomic mass is 9.89. The molecule has 0 atom stereocenters. The van der Waals surface area contributed by atoms with E-state index in [-0.39, 0.29) is 14.9 Å². The minimum Gasteiger partial charge on any atom is -0.496 e. The topological polar surface area (TPSA) is 85.3 Å². The average Bonchev–Trinajstić information content (AvgIpc) is 2.90. The van der Waals surface area contributed by atoms with Crippen molar-refractivity contribution < 1.29 is 4.74 Å². The van der Waals surface area contributed by atoms with E-state index < -0.39 is 0 Å². The van der Waals surface area contributed by atoms with Crippen LogP contribution in [0.3, 0.4) is 0 Å². The highest BCUT2D eigenvalue weighted by atomic mass is 16.5. The molecule has 0 heterocycles. The number of hydrogen-bond donors (Lipinski definition) is 4. The molecule has 5 heteroatoms. The summed E-state index contributed by atoms with van der Waals surface area (Å²) >= 11 is 0. The van der Waals surface area contributed by atoms with Gasteiger partial charge in [0.2, 0.25) is 0 Å². The second kappa shape index (κ2) is 24.0. The molecule has 0 spiro atoms. The Morgan fingerprint density at radius 1 is 0.789 bits per heavy atom. The molecule has 2 saturated carbocycles. The van der Waals surface area contributed by atoms with Crippen molar-refractivity contribution in [3.05, 3.63) is 59.2 Å². The van der Waals surface area contributed by atoms with Crippen LogP contribution in [0.2, 0.25) is 0 Å². The summed E-state index contributed by atoms with van der Waals surface area (Å²) in [5.74, 6) is 1.95. The minimum atomic E-state index is 0. The number of methoxy groups -OCH3 is 1. The maximum atomic E-state index is 5.63. The van der Waals surface area contributed by atoms with E-state index in [1.807, 2.05) is 45.2 Å². The number of benzene rings is 2. The third kappa shape index (κ3) is 18.2. The number of nitrogens with two attached hydrogens (primary N) is 2. The first-order valence-electron chi connectivity index (χ1n) is 13.9. The van der Waals surface area contributed by atoms with E-state index in [2.05, 4.69) is 35.9 Å². The van der Waals surface area contributed by atoms with E-state index in [9.17, 15) is 0 Å². The fourth-order valence-corrected chi connectivity index (χ4v) is 4.56. The minimum absolute atomic E-state index is 0. The van der Waals surface area contributed by atoms with E-state index >= 15 is 0 Å². The largest absolute Gasteiger partial charge is 0.496 e. The molecule has 6 N–H and O–H groups in total. The molecular weight excluding hydrogens is 468 g/mol. The fourth-order valence-electron chi connectivity index (χ4n) is 4.56. The van der Waals surface area contributed by atoms with Gasteiger partial charge in [0.1, 0.15) is 5.75 Å². The summed E-state index contributed by atoms with van der Waals surface area (Å²) in [4.78, 5) is 0. The summed E-state index contributed by atoms with van der Waals surface area (Å²) in [7, 11) is 5.69. The molecule has 0 aliphatic heterocycles. The molecule has 0 saturated heterocycles. The number of hydrogen-bond acceptors (Lipinski definition) is 5. The lowest BCUT2D eigenvalue weighted by Crippen LogP contribution is -2.22. The van der Waals surface area contributed by atoms with Gasteiger partial charge in [-0.1, -0.05) is 83.2 Å². The van der Waals surface area contributed by atoms with Gasteiger partial charge in [-0.2, -0.15) is 0 Å². The van der Waals surface area contributed by atoms with E-state index in [1.54, 1.807) is 7.11 Å². The van der Waals surface area contributed by atoms with Crippen molar-refractivity contribution >= 4 is 5.69 Å². The smallest absolute Gasteiger partial charge is 0.122 e. The number of aryl methyl sites for hydroxylation is 2. The van der Waals surface area contributed by atoms with Crippen LogP contribution in [0.15, 0.2) is 42.5 Å². The number of rotatable bonds is 5. The third-order valence-corrected chi connectivity index (χ3v) is 6.80. The van der Waals surface area contributed by atoms with Crippen molar-refractivity contribution in [1.82, 2.24) is 10.6 Å². The number of nitrogen functional groups attached to an aromatic ring is 1. The molecule has 0 amide bonds. The molecule has 38 heavy (non-hydrogen) atoms. The van der Waals surface area contributed by atoms with Crippen LogP contribution < -0.4 is 26.8 Å². The van der Waals surface area contributed by atoms with E-state index in [0.29, 0.717) is 6.04 Å². The van der Waals surface area contributed by atoms with Crippen molar-refractivity contribution in [3.8, 4) is 5.75 Å². The van der Waals surface area contributed by atoms with Crippen molar-refractivity contribution in [2.24, 2.45) is 11.7 Å². The first kappa shape index (κ1) is 38.1. The van der Waals surface area contributed by atoms with Crippen LogP contribution in [-0.2, 0) is 6.54 Å². The molecule has 2 fully saturated rings. The average molecular weight is 531 g/mol. The monoisotopic (exact) mass is 530 g/mol. The van der Waals surface area contributed by atoms with Crippen LogP contribution in [-0.4, -0.2) is 33.8 Å². The Morgan fingerprint density at radius 3 is 1.76 bits per heavy atom. The summed E-state index contributed by atoms with van der Waals surface area (Å²) in [6.07, 6.45) is 14.0. The fraction of sp³-hybridized carbons (Fsp3) is 0.636. The van der Waals surface area contributed by atoms with E-state index in [4.69, 9.17) is 16.2 Å². The SMILES string of the molecule is C.C.CNCC1CCCCC1.CNCc1ccc(C)c(OC)c1.Cc1ccc(N)cc1.NC1CCCCC1. The zero-order valence-electron chi connectivity index (χ0n) is 23.7. The van der Waals surface area contributed by atoms with Gasteiger partial charge in [0.05, 0.1) is 7.11 Å². The number of ether oxygens (including phenoxy) is 1. The van der Waals surface area contributed by atoms with Gasteiger partial charge in [-0.25, -0.2) is 0 Å². The number of anilines is 1. The van der Waals surface area contributed by atoms with Gasteiger partial charge in [0, 0.05) is 18.3 Å². The highest BCUT2D eigenvalue weighted by molar-refractivity contribution is 5.38. The second-order valence-corrected chi connectivity index (χ2v) is 10.2. The van der Waals surface area contributed by atoms with Crippen molar-refractivity contribution in [3.63, 3.8) is 0 Å². The van der Waals surface area contributed by atoms with Gasteiger partial charge in [-0.05, 0) is 95.4 Å². The Bertz CT molecular complexity index is 758. The molecule has 0 aromatic heterocycles. The summed E-state index contributed by atoms with van der Waals surface area (Å²) in [5, 5.41) is 6.34. The molecule has 2 aromatic rings. The predicted octanol–water partition coefficient (Wildman–Crippen LogP) is 7.64. The third-order valence-electron chi connectivity index (χ3n) is 6.80. The first-order chi connectivity index (χ1) is 17.4. The summed E-state index contributed by atoms with van der Waals surface area (Å²) in [6.45, 7) is 6.21. The maximum Gasteiger partial charge on any atom is 0.122 e. The molecule has 0 radical (unpaired) electrons. The number of nitrogens with one attached hydrogen (secondary N) is 2. The van der Waals surface area contributed by atoms with Gasteiger partial charge in [-0.15, -0.1) is 0 Å². The molecule has 5 nitrogen and oxygen atoms in total. The van der Waals surface area contributed by atoms with Crippen LogP contribution >= 0.6 is 0 Å². The molecule has 2 aliphatic rings. The van der Waals surface area contributed by atoms with Gasteiger partial charge < -0.3 is 26.8 Å². The molecule has 0 unspecified atom stereocenters. The van der Waals surface area contributed by atoms with E-state index in [1.165, 1.54) is 87.4 Å². The zero-order valence-corrected chi connectivity index (χ0v) is 23.7. The lowest BCUT2D eigenvalue weighted by molar-refractivity contribution is 0.350. The summed E-state index contributed by atoms with van der Waals surface area (Å²) < 4.78 is 5.20. The van der Waals surface area contributed by atoms with E-state index in [0.717, 1.165) is 23.9 Å². The van der Waals surface area contributed by atoms with Crippen molar-refractivity contribution in [2.75, 3.05) is 33.5 Å². The Kier molecular flexibility index (Phi) is 24.0. The quantitative estimate of drug-likeness (QED) is 0.299. The van der Waals surface area contributed by atoms with Crippen LogP contribution in [0.4, 0.5) is 5.69 Å². The standard InChI is InChI=1S/C10H15NO.C8H17N.C7H9N.C6H13N.2CH4/c1-8-4-5-9(7-11-2)6-10(8)12-3;1-9-7-8-5-3-2-4-6-8;1-6-2-4-7(8)5-3-6;7-6-4-2-1-3-5-6;;/h4-6,11H,7H2,1-3H3;8-9H,2-7H2,1H3;2-5H,8H2,1H3;6H,1-5,7H2;2*1H4. The van der Waals surface area contributed by atoms with Crippen LogP contribution in [0.25, 0.3) is 0 Å². The highest BCUT2D eigenvalue weighted by Gasteiger charge is 2.11. The Hall–Kier alpha value is -2.08. The Balaban J connectivity index is 0. The molecule has 4 rings (SSSR count). The highest BCUT2D eigenvalue weighted by Crippen LogP contribution is 2.22. The molecule has 2 aromatic carbocycles. The summed E-state index contributed by atoms with van der Waals surface area (Å²) in [6, 6.07) is 14.6. The molecular formula is C33H62N4O. The van der Waals surface area contributed by atoms with Gasteiger partial charge >= 0.3 is 0 Å². The predicted molar refractivity (Wildman–Crippen MR) is 171 cm³/mol. The molecule has 220 valence electrons. The molecule has 0 bridgehead atoms. The second-order valence-electron chi connectivity index (χ2n) is 10.2. The van der Waals surface area contributed by atoms with Gasteiger partial charge in [0.25, 0.3) is 0 Å². The first-order valence-corrected chi connectivity index (χ1v) is 13.9.